The third kappa shape index (κ3) is 1.47. The lowest BCUT2D eigenvalue weighted by atomic mass is 10.1. The first kappa shape index (κ1) is 7.53. The van der Waals surface area contributed by atoms with E-state index in [1.54, 1.807) is 6.08 Å². The third-order valence-corrected chi connectivity index (χ3v) is 1.46. The Morgan fingerprint density at radius 1 is 1.80 bits per heavy atom. The van der Waals surface area contributed by atoms with Gasteiger partial charge in [-0.1, -0.05) is 0 Å². The predicted molar refractivity (Wildman–Crippen MR) is 36.8 cm³/mol. The Labute approximate surface area is 59.5 Å². The number of hydrogen-bond acceptors (Lipinski definition) is 4. The van der Waals surface area contributed by atoms with Crippen LogP contribution in [0.1, 0.15) is 6.42 Å². The average Bonchev–Trinajstić information content (AvgIpc) is 1.95. The number of ether oxygens (including phenoxy) is 1. The van der Waals surface area contributed by atoms with Crippen LogP contribution in [0.15, 0.2) is 11.8 Å². The van der Waals surface area contributed by atoms with Crippen molar-refractivity contribution in [1.29, 1.82) is 0 Å². The molecule has 0 aromatic heterocycles. The molecule has 2 atom stereocenters. The molecule has 4 nitrogen and oxygen atoms in total. The fourth-order valence-corrected chi connectivity index (χ4v) is 0.806. The molecule has 0 aromatic carbocycles. The minimum absolute atomic E-state index is 0.310. The lowest BCUT2D eigenvalue weighted by Crippen LogP contribution is -2.39. The van der Waals surface area contributed by atoms with Crippen molar-refractivity contribution >= 4 is 0 Å². The monoisotopic (exact) mass is 144 g/mol. The lowest BCUT2D eigenvalue weighted by Gasteiger charge is -2.24. The van der Waals surface area contributed by atoms with Crippen LogP contribution in [-0.4, -0.2) is 24.0 Å². The highest BCUT2D eigenvalue weighted by Gasteiger charge is 2.20. The van der Waals surface area contributed by atoms with Gasteiger partial charge in [-0.25, -0.2) is 0 Å². The lowest BCUT2D eigenvalue weighted by molar-refractivity contribution is -0.0890. The summed E-state index contributed by atoms with van der Waals surface area (Å²) in [6, 6.07) is -0.310. The molecule has 0 fully saturated rings. The van der Waals surface area contributed by atoms with Gasteiger partial charge in [0.05, 0.1) is 12.6 Å². The molecule has 0 radical (unpaired) electrons. The van der Waals surface area contributed by atoms with E-state index in [9.17, 15) is 0 Å². The summed E-state index contributed by atoms with van der Waals surface area (Å²) in [6.45, 7) is 0.323. The summed E-state index contributed by atoms with van der Waals surface area (Å²) in [5.41, 5.74) is 10.7. The van der Waals surface area contributed by atoms with E-state index < -0.39 is 6.29 Å². The molecule has 0 saturated carbocycles. The molecule has 0 saturated heterocycles. The highest BCUT2D eigenvalue weighted by Crippen LogP contribution is 2.12. The summed E-state index contributed by atoms with van der Waals surface area (Å²) in [5.74, 6) is 0.620. The van der Waals surface area contributed by atoms with Crippen LogP contribution in [0.4, 0.5) is 0 Å². The molecule has 1 heterocycles. The SMILES string of the molecule is NCC1=CCC(N)C(O)O1. The largest absolute Gasteiger partial charge is 0.467 e. The van der Waals surface area contributed by atoms with Crippen LogP contribution >= 0.6 is 0 Å². The molecule has 10 heavy (non-hydrogen) atoms. The van der Waals surface area contributed by atoms with Gasteiger partial charge in [-0.05, 0) is 12.5 Å². The van der Waals surface area contributed by atoms with Gasteiger partial charge in [0.1, 0.15) is 5.76 Å². The zero-order valence-electron chi connectivity index (χ0n) is 5.66. The number of aliphatic hydroxyl groups is 1. The van der Waals surface area contributed by atoms with Gasteiger partial charge in [0.2, 0.25) is 6.29 Å². The molecular formula is C6H12N2O2. The Kier molecular flexibility index (Phi) is 2.26. The van der Waals surface area contributed by atoms with Crippen molar-refractivity contribution in [3.8, 4) is 0 Å². The zero-order valence-corrected chi connectivity index (χ0v) is 5.66. The molecule has 58 valence electrons. The second kappa shape index (κ2) is 3.01. The molecule has 0 spiro atoms. The van der Waals surface area contributed by atoms with E-state index in [2.05, 4.69) is 0 Å². The van der Waals surface area contributed by atoms with E-state index in [4.69, 9.17) is 21.3 Å². The van der Waals surface area contributed by atoms with Crippen molar-refractivity contribution in [3.05, 3.63) is 11.8 Å². The van der Waals surface area contributed by atoms with Crippen LogP contribution in [0.2, 0.25) is 0 Å². The second-order valence-electron chi connectivity index (χ2n) is 2.28. The Morgan fingerprint density at radius 2 is 2.50 bits per heavy atom. The van der Waals surface area contributed by atoms with Crippen molar-refractivity contribution in [3.63, 3.8) is 0 Å². The molecule has 4 heteroatoms. The minimum Gasteiger partial charge on any atom is -0.467 e. The highest BCUT2D eigenvalue weighted by molar-refractivity contribution is 5.01. The van der Waals surface area contributed by atoms with E-state index >= 15 is 0 Å². The summed E-state index contributed by atoms with van der Waals surface area (Å²) in [5, 5.41) is 9.04. The highest BCUT2D eigenvalue weighted by atomic mass is 16.6. The van der Waals surface area contributed by atoms with Crippen molar-refractivity contribution < 1.29 is 9.84 Å². The van der Waals surface area contributed by atoms with Gasteiger partial charge in [-0.15, -0.1) is 0 Å². The average molecular weight is 144 g/mol. The van der Waals surface area contributed by atoms with Gasteiger partial charge in [0.25, 0.3) is 0 Å². The number of rotatable bonds is 1. The Balaban J connectivity index is 2.52. The van der Waals surface area contributed by atoms with Crippen molar-refractivity contribution in [2.75, 3.05) is 6.54 Å². The molecule has 0 amide bonds. The summed E-state index contributed by atoms with van der Waals surface area (Å²) in [7, 11) is 0. The van der Waals surface area contributed by atoms with Crippen LogP contribution in [-0.2, 0) is 4.74 Å². The molecular weight excluding hydrogens is 132 g/mol. The summed E-state index contributed by atoms with van der Waals surface area (Å²) in [4.78, 5) is 0. The smallest absolute Gasteiger partial charge is 0.212 e. The fourth-order valence-electron chi connectivity index (χ4n) is 0.806. The Morgan fingerprint density at radius 3 is 3.00 bits per heavy atom. The molecule has 0 aliphatic carbocycles. The standard InChI is InChI=1S/C6H12N2O2/c7-3-4-1-2-5(8)6(9)10-4/h1,5-6,9H,2-3,7-8H2. The second-order valence-corrected chi connectivity index (χ2v) is 2.28. The molecule has 5 N–H and O–H groups in total. The maximum absolute atomic E-state index is 9.04. The summed E-state index contributed by atoms with van der Waals surface area (Å²) < 4.78 is 4.91. The first-order chi connectivity index (χ1) is 4.74. The van der Waals surface area contributed by atoms with Crippen LogP contribution in [0.25, 0.3) is 0 Å². The van der Waals surface area contributed by atoms with Crippen LogP contribution in [0.5, 0.6) is 0 Å². The van der Waals surface area contributed by atoms with E-state index in [1.807, 2.05) is 0 Å². The normalized spacial score (nSPS) is 32.9. The summed E-state index contributed by atoms with van der Waals surface area (Å²) >= 11 is 0. The van der Waals surface area contributed by atoms with Gasteiger partial charge in [0, 0.05) is 0 Å². The van der Waals surface area contributed by atoms with E-state index in [0.29, 0.717) is 18.7 Å². The van der Waals surface area contributed by atoms with Gasteiger partial charge in [0.15, 0.2) is 0 Å². The van der Waals surface area contributed by atoms with Crippen molar-refractivity contribution in [1.82, 2.24) is 0 Å². The first-order valence-electron chi connectivity index (χ1n) is 3.23. The minimum atomic E-state index is -0.886. The van der Waals surface area contributed by atoms with Crippen molar-refractivity contribution in [2.45, 2.75) is 18.8 Å². The molecule has 1 aliphatic rings. The van der Waals surface area contributed by atoms with Gasteiger partial charge in [-0.3, -0.25) is 0 Å². The fraction of sp³-hybridized carbons (Fsp3) is 0.667. The van der Waals surface area contributed by atoms with E-state index in [1.165, 1.54) is 0 Å². The van der Waals surface area contributed by atoms with E-state index in [0.717, 1.165) is 0 Å². The maximum Gasteiger partial charge on any atom is 0.212 e. The van der Waals surface area contributed by atoms with Crippen LogP contribution < -0.4 is 11.5 Å². The maximum atomic E-state index is 9.04. The number of hydrogen-bond donors (Lipinski definition) is 3. The zero-order chi connectivity index (χ0) is 7.56. The van der Waals surface area contributed by atoms with Crippen molar-refractivity contribution in [2.24, 2.45) is 11.5 Å². The van der Waals surface area contributed by atoms with Crippen LogP contribution in [0, 0.1) is 0 Å². The Bertz CT molecular complexity index is 147. The topological polar surface area (TPSA) is 81.5 Å². The molecule has 1 aliphatic heterocycles. The van der Waals surface area contributed by atoms with Gasteiger partial charge in [-0.2, -0.15) is 0 Å². The summed E-state index contributed by atoms with van der Waals surface area (Å²) in [6.07, 6.45) is 1.55. The first-order valence-corrected chi connectivity index (χ1v) is 3.23. The number of aliphatic hydroxyl groups excluding tert-OH is 1. The van der Waals surface area contributed by atoms with E-state index in [-0.39, 0.29) is 6.04 Å². The third-order valence-electron chi connectivity index (χ3n) is 1.46. The quantitative estimate of drug-likeness (QED) is 0.436. The molecule has 0 aromatic rings. The van der Waals surface area contributed by atoms with Gasteiger partial charge >= 0.3 is 0 Å². The molecule has 0 bridgehead atoms. The predicted octanol–water partition coefficient (Wildman–Crippen LogP) is -1.10. The number of nitrogens with two attached hydrogens (primary N) is 2. The molecule has 2 unspecified atom stereocenters. The van der Waals surface area contributed by atoms with Crippen LogP contribution in [0.3, 0.4) is 0 Å². The molecule has 1 rings (SSSR count). The van der Waals surface area contributed by atoms with Gasteiger partial charge < -0.3 is 21.3 Å². The Hall–Kier alpha value is -0.580.